The first-order valence-corrected chi connectivity index (χ1v) is 6.95. The third-order valence-corrected chi connectivity index (χ3v) is 3.54. The molecule has 3 heteroatoms. The number of benzene rings is 2. The van der Waals surface area contributed by atoms with Crippen molar-refractivity contribution in [2.75, 3.05) is 0 Å². The number of carbonyl (C=O) groups excluding carboxylic acids is 1. The Balaban J connectivity index is 1.88. The van der Waals surface area contributed by atoms with Gasteiger partial charge in [-0.05, 0) is 23.9 Å². The van der Waals surface area contributed by atoms with Crippen molar-refractivity contribution in [3.8, 4) is 0 Å². The Morgan fingerprint density at radius 2 is 1.71 bits per heavy atom. The Bertz CT molecular complexity index is 763. The fraction of sp³-hybridized carbons (Fsp3) is 0.111. The molecule has 104 valence electrons. The van der Waals surface area contributed by atoms with E-state index in [1.165, 1.54) is 0 Å². The van der Waals surface area contributed by atoms with E-state index in [4.69, 9.17) is 0 Å². The van der Waals surface area contributed by atoms with Crippen LogP contribution in [0.3, 0.4) is 0 Å². The first kappa shape index (κ1) is 13.3. The number of hydrogen-bond acceptors (Lipinski definition) is 2. The minimum atomic E-state index is -0.150. The minimum Gasteiger partial charge on any atom is -0.344 e. The van der Waals surface area contributed by atoms with E-state index in [9.17, 15) is 4.79 Å². The maximum Gasteiger partial charge on any atom is 0.270 e. The van der Waals surface area contributed by atoms with Gasteiger partial charge in [-0.25, -0.2) is 0 Å². The predicted molar refractivity (Wildman–Crippen MR) is 84.1 cm³/mol. The van der Waals surface area contributed by atoms with E-state index in [2.05, 4.69) is 10.3 Å². The lowest BCUT2D eigenvalue weighted by atomic mass is 10.1. The van der Waals surface area contributed by atoms with Crippen molar-refractivity contribution < 1.29 is 4.79 Å². The third-order valence-electron chi connectivity index (χ3n) is 3.54. The second kappa shape index (κ2) is 5.75. The quantitative estimate of drug-likeness (QED) is 0.792. The van der Waals surface area contributed by atoms with E-state index >= 15 is 0 Å². The maximum absolute atomic E-state index is 12.5. The summed E-state index contributed by atoms with van der Waals surface area (Å²) in [6.07, 6.45) is 1.67. The van der Waals surface area contributed by atoms with Crippen LogP contribution in [0.15, 0.2) is 66.9 Å². The number of pyridine rings is 1. The van der Waals surface area contributed by atoms with E-state index in [1.807, 2.05) is 67.6 Å². The molecule has 3 aromatic rings. The summed E-state index contributed by atoms with van der Waals surface area (Å²) in [5.74, 6) is -0.150. The van der Waals surface area contributed by atoms with Gasteiger partial charge in [-0.1, -0.05) is 54.6 Å². The van der Waals surface area contributed by atoms with Gasteiger partial charge in [-0.2, -0.15) is 0 Å². The number of carbonyl (C=O) groups is 1. The summed E-state index contributed by atoms with van der Waals surface area (Å²) in [7, 11) is 0. The topological polar surface area (TPSA) is 42.0 Å². The van der Waals surface area contributed by atoms with Crippen LogP contribution in [0.1, 0.15) is 29.0 Å². The highest BCUT2D eigenvalue weighted by atomic mass is 16.1. The van der Waals surface area contributed by atoms with Crippen molar-refractivity contribution >= 4 is 16.7 Å². The first-order chi connectivity index (χ1) is 10.3. The SMILES string of the molecule is CC(NC(=O)c1nccc2ccccc12)c1ccccc1. The molecular formula is C18H16N2O. The monoisotopic (exact) mass is 276 g/mol. The van der Waals surface area contributed by atoms with Gasteiger partial charge in [0.1, 0.15) is 5.69 Å². The summed E-state index contributed by atoms with van der Waals surface area (Å²) in [5.41, 5.74) is 1.54. The molecule has 1 N–H and O–H groups in total. The Kier molecular flexibility index (Phi) is 3.65. The lowest BCUT2D eigenvalue weighted by Crippen LogP contribution is -2.27. The molecule has 0 aliphatic carbocycles. The molecule has 21 heavy (non-hydrogen) atoms. The summed E-state index contributed by atoms with van der Waals surface area (Å²) in [4.78, 5) is 16.7. The summed E-state index contributed by atoms with van der Waals surface area (Å²) < 4.78 is 0. The standard InChI is InChI=1S/C18H16N2O/c1-13(14-7-3-2-4-8-14)20-18(21)17-16-10-6-5-9-15(16)11-12-19-17/h2-13H,1H3,(H,20,21). The average molecular weight is 276 g/mol. The van der Waals surface area contributed by atoms with E-state index in [-0.39, 0.29) is 11.9 Å². The second-order valence-corrected chi connectivity index (χ2v) is 4.99. The normalized spacial score (nSPS) is 12.0. The summed E-state index contributed by atoms with van der Waals surface area (Å²) in [6, 6.07) is 19.5. The number of aromatic nitrogens is 1. The van der Waals surface area contributed by atoms with Gasteiger partial charge in [0.15, 0.2) is 0 Å². The van der Waals surface area contributed by atoms with Crippen LogP contribution in [-0.2, 0) is 0 Å². The highest BCUT2D eigenvalue weighted by Crippen LogP contribution is 2.18. The number of nitrogens with one attached hydrogen (secondary N) is 1. The summed E-state index contributed by atoms with van der Waals surface area (Å²) in [6.45, 7) is 1.97. The van der Waals surface area contributed by atoms with Crippen LogP contribution in [-0.4, -0.2) is 10.9 Å². The molecule has 0 fully saturated rings. The molecule has 1 unspecified atom stereocenters. The van der Waals surface area contributed by atoms with Gasteiger partial charge >= 0.3 is 0 Å². The van der Waals surface area contributed by atoms with Gasteiger partial charge in [-0.3, -0.25) is 9.78 Å². The second-order valence-electron chi connectivity index (χ2n) is 4.99. The fourth-order valence-corrected chi connectivity index (χ4v) is 2.39. The molecular weight excluding hydrogens is 260 g/mol. The average Bonchev–Trinajstić information content (AvgIpc) is 2.55. The van der Waals surface area contributed by atoms with Crippen LogP contribution in [0.25, 0.3) is 10.8 Å². The van der Waals surface area contributed by atoms with E-state index < -0.39 is 0 Å². The highest BCUT2D eigenvalue weighted by molar-refractivity contribution is 6.05. The molecule has 3 rings (SSSR count). The maximum atomic E-state index is 12.5. The van der Waals surface area contributed by atoms with Crippen molar-refractivity contribution in [1.82, 2.24) is 10.3 Å². The molecule has 0 spiro atoms. The van der Waals surface area contributed by atoms with Crippen molar-refractivity contribution in [2.24, 2.45) is 0 Å². The number of hydrogen-bond donors (Lipinski definition) is 1. The van der Waals surface area contributed by atoms with Gasteiger partial charge in [0.05, 0.1) is 6.04 Å². The van der Waals surface area contributed by atoms with Gasteiger partial charge in [0, 0.05) is 11.6 Å². The summed E-state index contributed by atoms with van der Waals surface area (Å²) >= 11 is 0. The number of rotatable bonds is 3. The van der Waals surface area contributed by atoms with Crippen molar-refractivity contribution in [3.05, 3.63) is 78.1 Å². The first-order valence-electron chi connectivity index (χ1n) is 6.95. The Hall–Kier alpha value is -2.68. The molecule has 1 atom stereocenters. The molecule has 3 nitrogen and oxygen atoms in total. The van der Waals surface area contributed by atoms with Crippen molar-refractivity contribution in [1.29, 1.82) is 0 Å². The van der Waals surface area contributed by atoms with Crippen LogP contribution in [0.5, 0.6) is 0 Å². The largest absolute Gasteiger partial charge is 0.344 e. The van der Waals surface area contributed by atoms with E-state index in [0.717, 1.165) is 16.3 Å². The molecule has 0 aliphatic rings. The van der Waals surface area contributed by atoms with Crippen molar-refractivity contribution in [3.63, 3.8) is 0 Å². The molecule has 0 bridgehead atoms. The molecule has 0 saturated carbocycles. The molecule has 0 saturated heterocycles. The van der Waals surface area contributed by atoms with Gasteiger partial charge in [-0.15, -0.1) is 0 Å². The molecule has 1 aromatic heterocycles. The Morgan fingerprint density at radius 3 is 2.52 bits per heavy atom. The summed E-state index contributed by atoms with van der Waals surface area (Å²) in [5, 5.41) is 4.89. The smallest absolute Gasteiger partial charge is 0.270 e. The third kappa shape index (κ3) is 2.77. The number of nitrogens with zero attached hydrogens (tertiary/aromatic N) is 1. The zero-order chi connectivity index (χ0) is 14.7. The lowest BCUT2D eigenvalue weighted by molar-refractivity contribution is 0.0936. The van der Waals surface area contributed by atoms with Crippen LogP contribution in [0, 0.1) is 0 Å². The van der Waals surface area contributed by atoms with Crippen LogP contribution in [0.2, 0.25) is 0 Å². The van der Waals surface area contributed by atoms with Crippen LogP contribution < -0.4 is 5.32 Å². The van der Waals surface area contributed by atoms with Crippen molar-refractivity contribution in [2.45, 2.75) is 13.0 Å². The Labute approximate surface area is 123 Å². The number of amides is 1. The Morgan fingerprint density at radius 1 is 1.00 bits per heavy atom. The zero-order valence-electron chi connectivity index (χ0n) is 11.8. The van der Waals surface area contributed by atoms with Gasteiger partial charge in [0.25, 0.3) is 5.91 Å². The molecule has 1 amide bonds. The molecule has 2 aromatic carbocycles. The zero-order valence-corrected chi connectivity index (χ0v) is 11.8. The fourth-order valence-electron chi connectivity index (χ4n) is 2.39. The predicted octanol–water partition coefficient (Wildman–Crippen LogP) is 3.73. The van der Waals surface area contributed by atoms with Crippen LogP contribution >= 0.6 is 0 Å². The molecule has 1 heterocycles. The van der Waals surface area contributed by atoms with E-state index in [1.54, 1.807) is 6.20 Å². The van der Waals surface area contributed by atoms with E-state index in [0.29, 0.717) is 5.69 Å². The van der Waals surface area contributed by atoms with Gasteiger partial charge < -0.3 is 5.32 Å². The molecule has 0 aliphatic heterocycles. The number of fused-ring (bicyclic) bond motifs is 1. The van der Waals surface area contributed by atoms with Crippen LogP contribution in [0.4, 0.5) is 0 Å². The molecule has 0 radical (unpaired) electrons. The lowest BCUT2D eigenvalue weighted by Gasteiger charge is -2.14. The van der Waals surface area contributed by atoms with Gasteiger partial charge in [0.2, 0.25) is 0 Å². The highest BCUT2D eigenvalue weighted by Gasteiger charge is 2.14. The minimum absolute atomic E-state index is 0.0560.